The van der Waals surface area contributed by atoms with Gasteiger partial charge < -0.3 is 23.7 Å². The summed E-state index contributed by atoms with van der Waals surface area (Å²) < 4.78 is 27.5. The van der Waals surface area contributed by atoms with Crippen LogP contribution in [-0.4, -0.2) is 37.1 Å². The second-order valence-corrected chi connectivity index (χ2v) is 12.6. The number of hydrogen-bond acceptors (Lipinski definition) is 11. The molecule has 2 atom stereocenters. The highest BCUT2D eigenvalue weighted by molar-refractivity contribution is 5.91. The Morgan fingerprint density at radius 3 is 1.81 bits per heavy atom. The molecule has 0 saturated heterocycles. The summed E-state index contributed by atoms with van der Waals surface area (Å²) in [6.45, 7) is 5.89. The fourth-order valence-corrected chi connectivity index (χ4v) is 5.08. The molecule has 2 unspecified atom stereocenters. The lowest BCUT2D eigenvalue weighted by atomic mass is 9.79. The first-order valence-corrected chi connectivity index (χ1v) is 17.4. The van der Waals surface area contributed by atoms with E-state index in [2.05, 4.69) is 0 Å². The van der Waals surface area contributed by atoms with E-state index in [-0.39, 0.29) is 24.5 Å². The van der Waals surface area contributed by atoms with Crippen molar-refractivity contribution < 1.29 is 42.9 Å². The van der Waals surface area contributed by atoms with Crippen LogP contribution < -0.4 is 18.9 Å². The summed E-state index contributed by atoms with van der Waals surface area (Å²) >= 11 is 0. The molecule has 54 heavy (non-hydrogen) atoms. The lowest BCUT2D eigenvalue weighted by molar-refractivity contribution is -0.152. The van der Waals surface area contributed by atoms with Crippen LogP contribution in [0, 0.1) is 34.0 Å². The third kappa shape index (κ3) is 12.2. The smallest absolute Gasteiger partial charge is 0.343 e. The lowest BCUT2D eigenvalue weighted by Gasteiger charge is -2.28. The first kappa shape index (κ1) is 40.1. The van der Waals surface area contributed by atoms with E-state index in [1.54, 1.807) is 92.7 Å². The molecule has 0 fully saturated rings. The third-order valence-electron chi connectivity index (χ3n) is 8.47. The SMILES string of the molecule is CCC(C)(CC(C)C(=O)OCCCCOc1ccc(C(=O)Oc2ccc(C#N)cc2)cc1)C(=O)Oc1ccc(OC(=O)/C=C/c2ccc(C#N)cc2)cc1. The number of unbranched alkanes of at least 4 members (excludes halogenated alkanes) is 1. The van der Waals surface area contributed by atoms with E-state index in [0.717, 1.165) is 5.56 Å². The van der Waals surface area contributed by atoms with Crippen molar-refractivity contribution in [3.8, 4) is 35.1 Å². The fraction of sp³-hybridized carbons (Fsp3) is 0.256. The van der Waals surface area contributed by atoms with Crippen molar-refractivity contribution in [2.24, 2.45) is 11.3 Å². The standard InChI is InChI=1S/C43H40N2O9/c1-4-43(3,42(49)54-38-22-20-36(21-23-38)52-39(46)24-13-31-7-9-32(28-44)10-8-31)27-30(2)40(47)51-26-6-5-25-50-35-18-14-34(15-19-35)41(48)53-37-16-11-33(29-45)12-17-37/h7-24,30H,4-6,25-27H2,1-3H3/b24-13+. The zero-order valence-corrected chi connectivity index (χ0v) is 30.3. The molecule has 0 aliphatic rings. The van der Waals surface area contributed by atoms with E-state index in [0.29, 0.717) is 54.1 Å². The molecule has 4 rings (SSSR count). The van der Waals surface area contributed by atoms with Crippen LogP contribution in [0.5, 0.6) is 23.0 Å². The number of nitrogens with zero attached hydrogens (tertiary/aromatic N) is 2. The van der Waals surface area contributed by atoms with E-state index in [4.69, 9.17) is 34.2 Å². The van der Waals surface area contributed by atoms with Crippen LogP contribution in [0.25, 0.3) is 6.08 Å². The molecule has 0 bridgehead atoms. The molecule has 0 N–H and O–H groups in total. The minimum atomic E-state index is -0.955. The van der Waals surface area contributed by atoms with Crippen molar-refractivity contribution in [3.05, 3.63) is 125 Å². The van der Waals surface area contributed by atoms with Gasteiger partial charge in [-0.3, -0.25) is 9.59 Å². The van der Waals surface area contributed by atoms with Gasteiger partial charge in [0.25, 0.3) is 0 Å². The summed E-state index contributed by atoms with van der Waals surface area (Å²) in [5, 5.41) is 17.8. The highest BCUT2D eigenvalue weighted by atomic mass is 16.5. The molecule has 11 nitrogen and oxygen atoms in total. The van der Waals surface area contributed by atoms with Crippen LogP contribution in [0.1, 0.15) is 73.5 Å². The third-order valence-corrected chi connectivity index (χ3v) is 8.47. The van der Waals surface area contributed by atoms with Crippen molar-refractivity contribution in [2.75, 3.05) is 13.2 Å². The normalized spacial score (nSPS) is 12.3. The average molecular weight is 729 g/mol. The first-order chi connectivity index (χ1) is 26.0. The van der Waals surface area contributed by atoms with E-state index < -0.39 is 35.2 Å². The Morgan fingerprint density at radius 1 is 0.704 bits per heavy atom. The van der Waals surface area contributed by atoms with Crippen LogP contribution >= 0.6 is 0 Å². The molecule has 0 aromatic heterocycles. The summed E-state index contributed by atoms with van der Waals surface area (Å²) in [6, 6.07) is 29.6. The summed E-state index contributed by atoms with van der Waals surface area (Å²) in [4.78, 5) is 50.6. The summed E-state index contributed by atoms with van der Waals surface area (Å²) in [6.07, 6.45) is 4.70. The quantitative estimate of drug-likeness (QED) is 0.0448. The van der Waals surface area contributed by atoms with Crippen molar-refractivity contribution in [2.45, 2.75) is 46.5 Å². The topological polar surface area (TPSA) is 162 Å². The van der Waals surface area contributed by atoms with Crippen LogP contribution in [0.15, 0.2) is 103 Å². The molecule has 0 heterocycles. The monoisotopic (exact) mass is 728 g/mol. The van der Waals surface area contributed by atoms with E-state index in [1.165, 1.54) is 30.3 Å². The van der Waals surface area contributed by atoms with Gasteiger partial charge in [0.2, 0.25) is 0 Å². The van der Waals surface area contributed by atoms with E-state index in [9.17, 15) is 19.2 Å². The summed E-state index contributed by atoms with van der Waals surface area (Å²) in [5.41, 5.74) is 1.12. The molecule has 0 spiro atoms. The second-order valence-electron chi connectivity index (χ2n) is 12.6. The zero-order chi connectivity index (χ0) is 38.9. The van der Waals surface area contributed by atoms with E-state index in [1.807, 2.05) is 19.1 Å². The number of carbonyl (C=O) groups excluding carboxylic acids is 4. The van der Waals surface area contributed by atoms with E-state index >= 15 is 0 Å². The van der Waals surface area contributed by atoms with Gasteiger partial charge in [-0.25, -0.2) is 9.59 Å². The molecule has 11 heteroatoms. The van der Waals surface area contributed by atoms with Crippen LogP contribution in [0.2, 0.25) is 0 Å². The Kier molecular flexibility index (Phi) is 14.7. The Morgan fingerprint density at radius 2 is 1.22 bits per heavy atom. The Hall–Kier alpha value is -6.72. The Balaban J connectivity index is 1.13. The molecule has 0 amide bonds. The minimum absolute atomic E-state index is 0.197. The maximum absolute atomic E-state index is 13.2. The van der Waals surface area contributed by atoms with Gasteiger partial charge in [-0.05, 0) is 129 Å². The fourth-order valence-electron chi connectivity index (χ4n) is 5.08. The number of hydrogen-bond donors (Lipinski definition) is 0. The first-order valence-electron chi connectivity index (χ1n) is 17.4. The van der Waals surface area contributed by atoms with Crippen molar-refractivity contribution >= 4 is 30.0 Å². The number of carbonyl (C=O) groups is 4. The van der Waals surface area contributed by atoms with Crippen LogP contribution in [0.3, 0.4) is 0 Å². The molecule has 0 radical (unpaired) electrons. The number of rotatable bonds is 17. The molecular formula is C43H40N2O9. The van der Waals surface area contributed by atoms with Crippen molar-refractivity contribution in [3.63, 3.8) is 0 Å². The molecule has 0 saturated carbocycles. The van der Waals surface area contributed by atoms with Gasteiger partial charge >= 0.3 is 23.9 Å². The van der Waals surface area contributed by atoms with Crippen LogP contribution in [-0.2, 0) is 19.1 Å². The minimum Gasteiger partial charge on any atom is -0.494 e. The largest absolute Gasteiger partial charge is 0.494 e. The van der Waals surface area contributed by atoms with Gasteiger partial charge in [-0.2, -0.15) is 10.5 Å². The zero-order valence-electron chi connectivity index (χ0n) is 30.3. The maximum atomic E-state index is 13.2. The van der Waals surface area contributed by atoms with Gasteiger partial charge in [-0.1, -0.05) is 26.0 Å². The van der Waals surface area contributed by atoms with Gasteiger partial charge in [0.05, 0.1) is 53.4 Å². The molecule has 0 aliphatic heterocycles. The number of esters is 4. The molecule has 4 aromatic rings. The number of benzene rings is 4. The predicted molar refractivity (Wildman–Crippen MR) is 198 cm³/mol. The second kappa shape index (κ2) is 19.8. The van der Waals surface area contributed by atoms with Crippen molar-refractivity contribution in [1.82, 2.24) is 0 Å². The average Bonchev–Trinajstić information content (AvgIpc) is 3.19. The maximum Gasteiger partial charge on any atom is 0.343 e. The lowest BCUT2D eigenvalue weighted by Crippen LogP contribution is -2.35. The highest BCUT2D eigenvalue weighted by Gasteiger charge is 2.37. The predicted octanol–water partition coefficient (Wildman–Crippen LogP) is 8.02. The van der Waals surface area contributed by atoms with Gasteiger partial charge in [-0.15, -0.1) is 0 Å². The van der Waals surface area contributed by atoms with Gasteiger partial charge in [0.1, 0.15) is 23.0 Å². The van der Waals surface area contributed by atoms with Gasteiger partial charge in [0.15, 0.2) is 0 Å². The molecule has 276 valence electrons. The molecule has 0 aliphatic carbocycles. The number of ether oxygens (including phenoxy) is 5. The molecule has 4 aromatic carbocycles. The summed E-state index contributed by atoms with van der Waals surface area (Å²) in [7, 11) is 0. The van der Waals surface area contributed by atoms with Crippen LogP contribution in [0.4, 0.5) is 0 Å². The molecular weight excluding hydrogens is 688 g/mol. The van der Waals surface area contributed by atoms with Crippen molar-refractivity contribution in [1.29, 1.82) is 10.5 Å². The number of nitriles is 2. The van der Waals surface area contributed by atoms with Gasteiger partial charge in [0, 0.05) is 6.08 Å². The highest BCUT2D eigenvalue weighted by Crippen LogP contribution is 2.33. The summed E-state index contributed by atoms with van der Waals surface area (Å²) in [5.74, 6) is -1.14. The Labute approximate surface area is 314 Å². The Bertz CT molecular complexity index is 2010.